The van der Waals surface area contributed by atoms with Gasteiger partial charge in [0.05, 0.1) is 0 Å². The Morgan fingerprint density at radius 3 is 2.70 bits per heavy atom. The van der Waals surface area contributed by atoms with Crippen molar-refractivity contribution in [2.45, 2.75) is 26.2 Å². The maximum absolute atomic E-state index is 12.1. The fourth-order valence-corrected chi connectivity index (χ4v) is 2.71. The predicted octanol–water partition coefficient (Wildman–Crippen LogP) is 3.42. The smallest absolute Gasteiger partial charge is 0.324 e. The van der Waals surface area contributed by atoms with Gasteiger partial charge in [-0.1, -0.05) is 12.1 Å². The van der Waals surface area contributed by atoms with Gasteiger partial charge in [-0.3, -0.25) is 5.32 Å². The normalized spacial score (nSPS) is 14.4. The maximum atomic E-state index is 12.1. The molecule has 1 saturated heterocycles. The highest BCUT2D eigenvalue weighted by atomic mass is 16.2. The first-order valence-corrected chi connectivity index (χ1v) is 7.92. The van der Waals surface area contributed by atoms with Gasteiger partial charge in [-0.2, -0.15) is 0 Å². The van der Waals surface area contributed by atoms with Gasteiger partial charge in [0.2, 0.25) is 0 Å². The van der Waals surface area contributed by atoms with Crippen LogP contribution < -0.4 is 15.5 Å². The third kappa shape index (κ3) is 4.18. The topological polar surface area (TPSA) is 70.2 Å². The van der Waals surface area contributed by atoms with E-state index in [1.54, 1.807) is 0 Å². The molecule has 6 heteroatoms. The number of carbonyl (C=O) groups excluding carboxylic acids is 1. The zero-order valence-corrected chi connectivity index (χ0v) is 13.2. The second kappa shape index (κ2) is 7.09. The molecule has 0 aliphatic carbocycles. The molecule has 2 amide bonds. The molecule has 0 bridgehead atoms. The van der Waals surface area contributed by atoms with Gasteiger partial charge < -0.3 is 10.2 Å². The molecule has 0 radical (unpaired) electrons. The number of benzene rings is 1. The Labute approximate surface area is 135 Å². The third-order valence-electron chi connectivity index (χ3n) is 3.85. The van der Waals surface area contributed by atoms with Crippen molar-refractivity contribution < 1.29 is 4.79 Å². The van der Waals surface area contributed by atoms with E-state index in [0.29, 0.717) is 5.82 Å². The fourth-order valence-electron chi connectivity index (χ4n) is 2.71. The van der Waals surface area contributed by atoms with Crippen LogP contribution in [0.25, 0.3) is 0 Å². The van der Waals surface area contributed by atoms with Crippen molar-refractivity contribution >= 4 is 23.4 Å². The number of nitrogens with zero attached hydrogens (tertiary/aromatic N) is 3. The first-order chi connectivity index (χ1) is 11.2. The van der Waals surface area contributed by atoms with Gasteiger partial charge in [0.1, 0.15) is 18.0 Å². The lowest BCUT2D eigenvalue weighted by Gasteiger charge is -2.27. The Kier molecular flexibility index (Phi) is 4.71. The number of hydrogen-bond donors (Lipinski definition) is 2. The van der Waals surface area contributed by atoms with Crippen LogP contribution in [0.5, 0.6) is 0 Å². The number of anilines is 3. The summed E-state index contributed by atoms with van der Waals surface area (Å²) in [6.45, 7) is 4.00. The molecule has 1 fully saturated rings. The van der Waals surface area contributed by atoms with Gasteiger partial charge in [0, 0.05) is 24.8 Å². The average Bonchev–Trinajstić information content (AvgIpc) is 2.56. The van der Waals surface area contributed by atoms with Gasteiger partial charge in [0.25, 0.3) is 0 Å². The lowest BCUT2D eigenvalue weighted by atomic mass is 10.1. The number of aromatic nitrogens is 2. The van der Waals surface area contributed by atoms with Gasteiger partial charge in [0.15, 0.2) is 0 Å². The van der Waals surface area contributed by atoms with Crippen molar-refractivity contribution in [1.29, 1.82) is 0 Å². The van der Waals surface area contributed by atoms with E-state index >= 15 is 0 Å². The number of nitrogens with one attached hydrogen (secondary N) is 2. The van der Waals surface area contributed by atoms with Crippen LogP contribution in [0.15, 0.2) is 36.7 Å². The molecule has 23 heavy (non-hydrogen) atoms. The number of rotatable bonds is 3. The first kappa shape index (κ1) is 15.3. The summed E-state index contributed by atoms with van der Waals surface area (Å²) >= 11 is 0. The second-order valence-electron chi connectivity index (χ2n) is 5.76. The molecule has 1 aliphatic rings. The van der Waals surface area contributed by atoms with Crippen molar-refractivity contribution in [3.63, 3.8) is 0 Å². The molecule has 1 aromatic heterocycles. The SMILES string of the molecule is Cc1cccc(NC(=O)Nc2cc(N3CCCCC3)ncn2)c1. The van der Waals surface area contributed by atoms with Crippen molar-refractivity contribution in [3.05, 3.63) is 42.2 Å². The van der Waals surface area contributed by atoms with Gasteiger partial charge in [-0.15, -0.1) is 0 Å². The lowest BCUT2D eigenvalue weighted by Crippen LogP contribution is -2.30. The molecule has 3 rings (SSSR count). The standard InChI is InChI=1S/C17H21N5O/c1-13-6-5-7-14(10-13)20-17(23)21-15-11-16(19-12-18-15)22-8-3-2-4-9-22/h5-7,10-12H,2-4,8-9H2,1H3,(H2,18,19,20,21,23). The summed E-state index contributed by atoms with van der Waals surface area (Å²) in [6.07, 6.45) is 5.12. The van der Waals surface area contributed by atoms with Gasteiger partial charge >= 0.3 is 6.03 Å². The van der Waals surface area contributed by atoms with E-state index in [4.69, 9.17) is 0 Å². The zero-order valence-electron chi connectivity index (χ0n) is 13.2. The summed E-state index contributed by atoms with van der Waals surface area (Å²) in [7, 11) is 0. The molecule has 0 unspecified atom stereocenters. The fraction of sp³-hybridized carbons (Fsp3) is 0.353. The maximum Gasteiger partial charge on any atom is 0.324 e. The molecule has 0 spiro atoms. The minimum absolute atomic E-state index is 0.307. The second-order valence-corrected chi connectivity index (χ2v) is 5.76. The van der Waals surface area contributed by atoms with E-state index in [1.807, 2.05) is 37.3 Å². The molecule has 1 aromatic carbocycles. The Hall–Kier alpha value is -2.63. The number of urea groups is 1. The summed E-state index contributed by atoms with van der Waals surface area (Å²) in [6, 6.07) is 9.17. The van der Waals surface area contributed by atoms with Crippen molar-refractivity contribution in [1.82, 2.24) is 9.97 Å². The molecule has 120 valence electrons. The number of aryl methyl sites for hydroxylation is 1. The molecule has 2 heterocycles. The molecule has 1 aliphatic heterocycles. The predicted molar refractivity (Wildman–Crippen MR) is 91.9 cm³/mol. The quantitative estimate of drug-likeness (QED) is 0.911. The van der Waals surface area contributed by atoms with Crippen LogP contribution in [-0.2, 0) is 0 Å². The van der Waals surface area contributed by atoms with Crippen LogP contribution in [0, 0.1) is 6.92 Å². The number of hydrogen-bond acceptors (Lipinski definition) is 4. The average molecular weight is 311 g/mol. The summed E-state index contributed by atoms with van der Waals surface area (Å²) in [5.74, 6) is 1.37. The molecule has 0 atom stereocenters. The van der Waals surface area contributed by atoms with E-state index in [1.165, 1.54) is 25.6 Å². The van der Waals surface area contributed by atoms with E-state index in [9.17, 15) is 4.79 Å². The van der Waals surface area contributed by atoms with Crippen molar-refractivity contribution in [2.24, 2.45) is 0 Å². The van der Waals surface area contributed by atoms with Crippen molar-refractivity contribution in [3.8, 4) is 0 Å². The van der Waals surface area contributed by atoms with Crippen LogP contribution in [0.1, 0.15) is 24.8 Å². The lowest BCUT2D eigenvalue weighted by molar-refractivity contribution is 0.262. The minimum Gasteiger partial charge on any atom is -0.356 e. The highest BCUT2D eigenvalue weighted by Gasteiger charge is 2.13. The minimum atomic E-state index is -0.307. The summed E-state index contributed by atoms with van der Waals surface area (Å²) < 4.78 is 0. The van der Waals surface area contributed by atoms with Gasteiger partial charge in [-0.25, -0.2) is 14.8 Å². The van der Waals surface area contributed by atoms with E-state index in [2.05, 4.69) is 25.5 Å². The highest BCUT2D eigenvalue weighted by Crippen LogP contribution is 2.19. The molecule has 2 aromatic rings. The highest BCUT2D eigenvalue weighted by molar-refractivity contribution is 5.99. The zero-order chi connectivity index (χ0) is 16.1. The Morgan fingerprint density at radius 2 is 1.91 bits per heavy atom. The van der Waals surface area contributed by atoms with Crippen LogP contribution in [0.2, 0.25) is 0 Å². The van der Waals surface area contributed by atoms with E-state index < -0.39 is 0 Å². The molecule has 0 saturated carbocycles. The van der Waals surface area contributed by atoms with Gasteiger partial charge in [-0.05, 0) is 43.9 Å². The summed E-state index contributed by atoms with van der Waals surface area (Å²) in [4.78, 5) is 22.7. The first-order valence-electron chi connectivity index (χ1n) is 7.92. The van der Waals surface area contributed by atoms with Crippen LogP contribution >= 0.6 is 0 Å². The molecule has 2 N–H and O–H groups in total. The van der Waals surface area contributed by atoms with Crippen LogP contribution in [0.4, 0.5) is 22.1 Å². The van der Waals surface area contributed by atoms with Crippen LogP contribution in [0.3, 0.4) is 0 Å². The Morgan fingerprint density at radius 1 is 1.09 bits per heavy atom. The number of piperidine rings is 1. The molecule has 6 nitrogen and oxygen atoms in total. The van der Waals surface area contributed by atoms with E-state index in [0.717, 1.165) is 30.2 Å². The Balaban J connectivity index is 1.64. The summed E-state index contributed by atoms with van der Waals surface area (Å²) in [5.41, 5.74) is 1.85. The third-order valence-corrected chi connectivity index (χ3v) is 3.85. The largest absolute Gasteiger partial charge is 0.356 e. The molecular weight excluding hydrogens is 290 g/mol. The number of amides is 2. The summed E-state index contributed by atoms with van der Waals surface area (Å²) in [5, 5.41) is 5.57. The molecular formula is C17H21N5O. The number of carbonyl (C=O) groups is 1. The van der Waals surface area contributed by atoms with Crippen molar-refractivity contribution in [2.75, 3.05) is 28.6 Å². The van der Waals surface area contributed by atoms with E-state index in [-0.39, 0.29) is 6.03 Å². The van der Waals surface area contributed by atoms with Crippen LogP contribution in [-0.4, -0.2) is 29.1 Å². The monoisotopic (exact) mass is 311 g/mol. The Bertz CT molecular complexity index is 682.